The van der Waals surface area contributed by atoms with Crippen molar-refractivity contribution in [2.45, 2.75) is 31.7 Å². The van der Waals surface area contributed by atoms with Gasteiger partial charge in [-0.1, -0.05) is 0 Å². The van der Waals surface area contributed by atoms with E-state index in [9.17, 15) is 9.59 Å². The average Bonchev–Trinajstić information content (AvgIpc) is 2.95. The Bertz CT molecular complexity index is 373. The van der Waals surface area contributed by atoms with Gasteiger partial charge in [-0.2, -0.15) is 0 Å². The second kappa shape index (κ2) is 4.20. The van der Waals surface area contributed by atoms with Crippen LogP contribution in [0.15, 0.2) is 0 Å². The van der Waals surface area contributed by atoms with Gasteiger partial charge in [0.25, 0.3) is 0 Å². The van der Waals surface area contributed by atoms with Crippen molar-refractivity contribution in [1.82, 2.24) is 0 Å². The van der Waals surface area contributed by atoms with Gasteiger partial charge >= 0.3 is 11.9 Å². The molecule has 1 aliphatic carbocycles. The lowest BCUT2D eigenvalue weighted by Gasteiger charge is -2.22. The Morgan fingerprint density at radius 1 is 1.39 bits per heavy atom. The van der Waals surface area contributed by atoms with E-state index >= 15 is 0 Å². The quantitative estimate of drug-likeness (QED) is 0.521. The first-order valence-corrected chi connectivity index (χ1v) is 6.30. The number of carbonyl (C=O) groups excluding carboxylic acids is 2. The lowest BCUT2D eigenvalue weighted by molar-refractivity contribution is -0.172. The first-order chi connectivity index (χ1) is 8.65. The van der Waals surface area contributed by atoms with Crippen molar-refractivity contribution < 1.29 is 28.5 Å². The summed E-state index contributed by atoms with van der Waals surface area (Å²) in [6.45, 7) is 3.09. The summed E-state index contributed by atoms with van der Waals surface area (Å²) >= 11 is 0. The molecule has 2 heterocycles. The van der Waals surface area contributed by atoms with Gasteiger partial charge in [-0.05, 0) is 6.92 Å². The second-order valence-corrected chi connectivity index (χ2v) is 4.88. The number of carbonyl (C=O) groups is 2. The molecule has 1 spiro atoms. The van der Waals surface area contributed by atoms with Crippen LogP contribution in [0.5, 0.6) is 0 Å². The molecule has 2 saturated heterocycles. The standard InChI is InChI=1S/C12H16O6/c1-2-15-10(13)9-7-5-12(16-3-4-17-12)6-8(7)18-11(9)14/h7-9H,2-6H2,1H3/t7-,8+,9-/m0/s1. The molecule has 0 amide bonds. The number of ether oxygens (including phenoxy) is 4. The van der Waals surface area contributed by atoms with Crippen molar-refractivity contribution in [1.29, 1.82) is 0 Å². The van der Waals surface area contributed by atoms with E-state index in [2.05, 4.69) is 0 Å². The fourth-order valence-electron chi connectivity index (χ4n) is 3.13. The molecule has 0 radical (unpaired) electrons. The summed E-state index contributed by atoms with van der Waals surface area (Å²) in [7, 11) is 0. The van der Waals surface area contributed by atoms with Crippen LogP contribution in [0.2, 0.25) is 0 Å². The van der Waals surface area contributed by atoms with Crippen molar-refractivity contribution in [2.75, 3.05) is 19.8 Å². The van der Waals surface area contributed by atoms with E-state index in [1.165, 1.54) is 0 Å². The molecule has 100 valence electrons. The third kappa shape index (κ3) is 1.71. The van der Waals surface area contributed by atoms with E-state index in [1.807, 2.05) is 0 Å². The van der Waals surface area contributed by atoms with Crippen LogP contribution in [-0.4, -0.2) is 43.7 Å². The minimum atomic E-state index is -0.817. The van der Waals surface area contributed by atoms with Gasteiger partial charge in [0.2, 0.25) is 0 Å². The van der Waals surface area contributed by atoms with Gasteiger partial charge in [-0.3, -0.25) is 9.59 Å². The number of rotatable bonds is 2. The molecule has 3 rings (SSSR count). The molecule has 0 aromatic rings. The Morgan fingerprint density at radius 2 is 2.11 bits per heavy atom. The molecule has 3 aliphatic rings. The molecule has 6 nitrogen and oxygen atoms in total. The highest BCUT2D eigenvalue weighted by Gasteiger charge is 2.60. The summed E-state index contributed by atoms with van der Waals surface area (Å²) < 4.78 is 21.4. The highest BCUT2D eigenvalue weighted by atomic mass is 16.7. The molecule has 3 atom stereocenters. The first-order valence-electron chi connectivity index (χ1n) is 6.30. The van der Waals surface area contributed by atoms with Crippen LogP contribution in [0.3, 0.4) is 0 Å². The number of esters is 2. The Morgan fingerprint density at radius 3 is 2.78 bits per heavy atom. The van der Waals surface area contributed by atoms with Crippen molar-refractivity contribution >= 4 is 11.9 Å². The van der Waals surface area contributed by atoms with Gasteiger partial charge < -0.3 is 18.9 Å². The maximum atomic E-state index is 11.8. The van der Waals surface area contributed by atoms with Gasteiger partial charge in [0.05, 0.1) is 19.8 Å². The topological polar surface area (TPSA) is 71.1 Å². The summed E-state index contributed by atoms with van der Waals surface area (Å²) in [5, 5.41) is 0. The molecular formula is C12H16O6. The fourth-order valence-corrected chi connectivity index (χ4v) is 3.13. The second-order valence-electron chi connectivity index (χ2n) is 4.88. The minimum absolute atomic E-state index is 0.186. The van der Waals surface area contributed by atoms with E-state index in [-0.39, 0.29) is 18.6 Å². The molecule has 18 heavy (non-hydrogen) atoms. The summed E-state index contributed by atoms with van der Waals surface area (Å²) in [5.41, 5.74) is 0. The molecule has 0 aromatic heterocycles. The van der Waals surface area contributed by atoms with E-state index in [4.69, 9.17) is 18.9 Å². The van der Waals surface area contributed by atoms with E-state index in [0.29, 0.717) is 26.1 Å². The van der Waals surface area contributed by atoms with Crippen LogP contribution in [-0.2, 0) is 28.5 Å². The normalized spacial score (nSPS) is 36.7. The predicted octanol–water partition coefficient (Wildman–Crippen LogP) is 0.244. The number of hydrogen-bond donors (Lipinski definition) is 0. The largest absolute Gasteiger partial charge is 0.465 e. The highest BCUT2D eigenvalue weighted by Crippen LogP contribution is 2.49. The summed E-state index contributed by atoms with van der Waals surface area (Å²) in [6.07, 6.45) is 0.747. The van der Waals surface area contributed by atoms with Gasteiger partial charge in [0.1, 0.15) is 6.10 Å². The van der Waals surface area contributed by atoms with Crippen LogP contribution >= 0.6 is 0 Å². The molecule has 0 aromatic carbocycles. The third-order valence-corrected chi connectivity index (χ3v) is 3.84. The van der Waals surface area contributed by atoms with Crippen molar-refractivity contribution in [3.8, 4) is 0 Å². The van der Waals surface area contributed by atoms with Gasteiger partial charge in [-0.15, -0.1) is 0 Å². The summed E-state index contributed by atoms with van der Waals surface area (Å²) in [5.74, 6) is -2.63. The van der Waals surface area contributed by atoms with E-state index in [1.54, 1.807) is 6.92 Å². The molecule has 1 saturated carbocycles. The van der Waals surface area contributed by atoms with E-state index in [0.717, 1.165) is 0 Å². The fraction of sp³-hybridized carbons (Fsp3) is 0.833. The van der Waals surface area contributed by atoms with Crippen LogP contribution in [0, 0.1) is 11.8 Å². The zero-order valence-electron chi connectivity index (χ0n) is 10.2. The third-order valence-electron chi connectivity index (χ3n) is 3.84. The SMILES string of the molecule is CCOC(=O)[C@H]1C(=O)O[C@@H]2CC3(C[C@H]12)OCCO3. The number of hydrogen-bond acceptors (Lipinski definition) is 6. The van der Waals surface area contributed by atoms with Crippen LogP contribution in [0.4, 0.5) is 0 Å². The molecule has 3 fully saturated rings. The van der Waals surface area contributed by atoms with Gasteiger partial charge in [0, 0.05) is 18.8 Å². The summed E-state index contributed by atoms with van der Waals surface area (Å²) in [4.78, 5) is 23.5. The van der Waals surface area contributed by atoms with E-state index < -0.39 is 23.6 Å². The van der Waals surface area contributed by atoms with Crippen LogP contribution in [0.1, 0.15) is 19.8 Å². The monoisotopic (exact) mass is 256 g/mol. The molecule has 0 N–H and O–H groups in total. The highest BCUT2D eigenvalue weighted by molar-refractivity contribution is 5.96. The number of fused-ring (bicyclic) bond motifs is 1. The average molecular weight is 256 g/mol. The maximum absolute atomic E-state index is 11.8. The lowest BCUT2D eigenvalue weighted by atomic mass is 9.92. The molecule has 2 aliphatic heterocycles. The zero-order chi connectivity index (χ0) is 12.8. The predicted molar refractivity (Wildman–Crippen MR) is 57.4 cm³/mol. The molecule has 6 heteroatoms. The lowest BCUT2D eigenvalue weighted by Crippen LogP contribution is -2.32. The maximum Gasteiger partial charge on any atom is 0.321 e. The van der Waals surface area contributed by atoms with Gasteiger partial charge in [0.15, 0.2) is 11.7 Å². The first kappa shape index (κ1) is 11.9. The Labute approximate surface area is 105 Å². The van der Waals surface area contributed by atoms with Crippen molar-refractivity contribution in [2.24, 2.45) is 11.8 Å². The van der Waals surface area contributed by atoms with Crippen LogP contribution < -0.4 is 0 Å². The molecular weight excluding hydrogens is 240 g/mol. The Balaban J connectivity index is 1.76. The molecule has 0 bridgehead atoms. The Kier molecular flexibility index (Phi) is 2.79. The molecule has 0 unspecified atom stereocenters. The van der Waals surface area contributed by atoms with Crippen LogP contribution in [0.25, 0.3) is 0 Å². The van der Waals surface area contributed by atoms with Crippen molar-refractivity contribution in [3.63, 3.8) is 0 Å². The van der Waals surface area contributed by atoms with Crippen molar-refractivity contribution in [3.05, 3.63) is 0 Å². The Hall–Kier alpha value is -1.14. The minimum Gasteiger partial charge on any atom is -0.465 e. The van der Waals surface area contributed by atoms with Gasteiger partial charge in [-0.25, -0.2) is 0 Å². The zero-order valence-corrected chi connectivity index (χ0v) is 10.2. The smallest absolute Gasteiger partial charge is 0.321 e. The summed E-state index contributed by atoms with van der Waals surface area (Å²) in [6, 6.07) is 0.